The van der Waals surface area contributed by atoms with Gasteiger partial charge < -0.3 is 14.0 Å². The van der Waals surface area contributed by atoms with Crippen LogP contribution in [-0.4, -0.2) is 43.5 Å². The van der Waals surface area contributed by atoms with Crippen LogP contribution in [0.25, 0.3) is 0 Å². The second-order valence-electron chi connectivity index (χ2n) is 7.59. The van der Waals surface area contributed by atoms with Crippen molar-refractivity contribution >= 4 is 17.2 Å². The predicted molar refractivity (Wildman–Crippen MR) is 112 cm³/mol. The molecule has 4 heterocycles. The third-order valence-electron chi connectivity index (χ3n) is 5.74. The van der Waals surface area contributed by atoms with Gasteiger partial charge in [-0.3, -0.25) is 9.69 Å². The lowest BCUT2D eigenvalue weighted by Gasteiger charge is -2.28. The maximum Gasteiger partial charge on any atom is 0.255 e. The molecule has 7 nitrogen and oxygen atoms in total. The molecule has 3 aromatic rings. The summed E-state index contributed by atoms with van der Waals surface area (Å²) in [6, 6.07) is 0. The number of aryl methyl sites for hydroxylation is 3. The maximum atomic E-state index is 13.2. The van der Waals surface area contributed by atoms with Crippen molar-refractivity contribution in [2.45, 2.75) is 46.8 Å². The van der Waals surface area contributed by atoms with Gasteiger partial charge in [-0.1, -0.05) is 5.16 Å². The molecule has 0 atom stereocenters. The molecule has 8 heteroatoms. The van der Waals surface area contributed by atoms with Gasteiger partial charge in [0.2, 0.25) is 0 Å². The second kappa shape index (κ2) is 8.12. The highest BCUT2D eigenvalue weighted by molar-refractivity contribution is 7.10. The first-order valence-electron chi connectivity index (χ1n) is 9.96. The van der Waals surface area contributed by atoms with Crippen LogP contribution >= 0.6 is 11.3 Å². The molecule has 0 spiro atoms. The molecule has 0 fully saturated rings. The van der Waals surface area contributed by atoms with Gasteiger partial charge in [0.15, 0.2) is 0 Å². The van der Waals surface area contributed by atoms with Crippen LogP contribution in [0.15, 0.2) is 22.3 Å². The molecule has 0 unspecified atom stereocenters. The zero-order chi connectivity index (χ0) is 20.5. The largest absolute Gasteiger partial charge is 0.361 e. The summed E-state index contributed by atoms with van der Waals surface area (Å²) in [7, 11) is 1.96. The minimum Gasteiger partial charge on any atom is -0.361 e. The van der Waals surface area contributed by atoms with Crippen LogP contribution in [0.1, 0.15) is 50.6 Å². The molecule has 0 aromatic carbocycles. The number of rotatable bonds is 6. The minimum atomic E-state index is 0.104. The Labute approximate surface area is 174 Å². The van der Waals surface area contributed by atoms with Crippen molar-refractivity contribution in [3.05, 3.63) is 56.6 Å². The first-order valence-corrected chi connectivity index (χ1v) is 10.8. The van der Waals surface area contributed by atoms with Crippen LogP contribution in [0.3, 0.4) is 0 Å². The molecule has 1 aliphatic heterocycles. The summed E-state index contributed by atoms with van der Waals surface area (Å²) >= 11 is 1.70. The fraction of sp³-hybridized carbons (Fsp3) is 0.476. The monoisotopic (exact) mass is 413 g/mol. The lowest BCUT2D eigenvalue weighted by molar-refractivity contribution is 0.0746. The average molecular weight is 414 g/mol. The molecule has 1 amide bonds. The molecule has 4 rings (SSSR count). The van der Waals surface area contributed by atoms with Crippen molar-refractivity contribution in [2.75, 3.05) is 13.1 Å². The number of carbonyl (C=O) groups excluding carboxylic acids is 1. The van der Waals surface area contributed by atoms with Crippen molar-refractivity contribution < 1.29 is 9.32 Å². The van der Waals surface area contributed by atoms with Crippen molar-refractivity contribution in [3.8, 4) is 0 Å². The Balaban J connectivity index is 1.48. The normalized spacial score (nSPS) is 14.2. The lowest BCUT2D eigenvalue weighted by Crippen LogP contribution is -2.34. The van der Waals surface area contributed by atoms with Crippen LogP contribution in [0.2, 0.25) is 0 Å². The topological polar surface area (TPSA) is 67.4 Å². The summed E-state index contributed by atoms with van der Waals surface area (Å²) in [4.78, 5) is 23.2. The molecule has 0 saturated carbocycles. The van der Waals surface area contributed by atoms with Crippen LogP contribution < -0.4 is 0 Å². The molecule has 0 N–H and O–H groups in total. The van der Waals surface area contributed by atoms with E-state index in [2.05, 4.69) is 15.0 Å². The summed E-state index contributed by atoms with van der Waals surface area (Å²) in [6.45, 7) is 9.79. The molecule has 3 aromatic heterocycles. The Hall–Kier alpha value is -2.45. The number of fused-ring (bicyclic) bond motifs is 1. The molecule has 29 heavy (non-hydrogen) atoms. The van der Waals surface area contributed by atoms with E-state index in [0.717, 1.165) is 48.9 Å². The van der Waals surface area contributed by atoms with Gasteiger partial charge in [0.1, 0.15) is 11.6 Å². The number of aromatic nitrogens is 3. The molecular weight excluding hydrogens is 386 g/mol. The third kappa shape index (κ3) is 3.86. The van der Waals surface area contributed by atoms with E-state index in [0.29, 0.717) is 13.1 Å². The van der Waals surface area contributed by atoms with E-state index in [9.17, 15) is 4.79 Å². The Morgan fingerprint density at radius 1 is 1.38 bits per heavy atom. The summed E-state index contributed by atoms with van der Waals surface area (Å²) in [5.74, 6) is 1.89. The van der Waals surface area contributed by atoms with Gasteiger partial charge in [0.05, 0.1) is 17.8 Å². The van der Waals surface area contributed by atoms with Crippen molar-refractivity contribution in [1.82, 2.24) is 24.5 Å². The Morgan fingerprint density at radius 3 is 2.86 bits per heavy atom. The number of carbonyl (C=O) groups is 1. The van der Waals surface area contributed by atoms with Gasteiger partial charge in [0.25, 0.3) is 5.91 Å². The van der Waals surface area contributed by atoms with E-state index in [1.54, 1.807) is 17.5 Å². The minimum absolute atomic E-state index is 0.104. The first-order chi connectivity index (χ1) is 14.0. The van der Waals surface area contributed by atoms with Crippen LogP contribution in [0, 0.1) is 13.8 Å². The van der Waals surface area contributed by atoms with Gasteiger partial charge >= 0.3 is 0 Å². The molecule has 0 radical (unpaired) electrons. The smallest absolute Gasteiger partial charge is 0.255 e. The Kier molecular flexibility index (Phi) is 5.56. The molecule has 0 bridgehead atoms. The maximum absolute atomic E-state index is 13.2. The predicted octanol–water partition coefficient (Wildman–Crippen LogP) is 3.31. The Bertz CT molecular complexity index is 999. The Morgan fingerprint density at radius 2 is 2.21 bits per heavy atom. The van der Waals surface area contributed by atoms with Gasteiger partial charge in [0, 0.05) is 61.4 Å². The standard InChI is InChI=1S/C21H27N5O2S/c1-5-26(12-20-22-7-9-24(20)4)21(27)18-13-29-19-11-25(8-6-16(18)19)10-17-14(2)23-28-15(17)3/h7,9,13H,5-6,8,10-12H2,1-4H3. The van der Waals surface area contributed by atoms with Gasteiger partial charge in [-0.2, -0.15) is 0 Å². The van der Waals surface area contributed by atoms with Gasteiger partial charge in [-0.05, 0) is 32.8 Å². The van der Waals surface area contributed by atoms with Crippen LogP contribution in [0.5, 0.6) is 0 Å². The highest BCUT2D eigenvalue weighted by atomic mass is 32.1. The molecule has 0 saturated heterocycles. The SMILES string of the molecule is CCN(Cc1nccn1C)C(=O)c1csc2c1CCN(Cc1c(C)noc1C)C2. The molecule has 154 valence electrons. The van der Waals surface area contributed by atoms with E-state index in [1.807, 2.05) is 48.9 Å². The van der Waals surface area contributed by atoms with E-state index >= 15 is 0 Å². The number of thiophene rings is 1. The van der Waals surface area contributed by atoms with E-state index in [-0.39, 0.29) is 5.91 Å². The van der Waals surface area contributed by atoms with Crippen molar-refractivity contribution in [1.29, 1.82) is 0 Å². The van der Waals surface area contributed by atoms with Crippen LogP contribution in [0.4, 0.5) is 0 Å². The number of hydrogen-bond acceptors (Lipinski definition) is 6. The number of amides is 1. The molecule has 0 aliphatic carbocycles. The fourth-order valence-electron chi connectivity index (χ4n) is 3.86. The highest BCUT2D eigenvalue weighted by Gasteiger charge is 2.27. The van der Waals surface area contributed by atoms with Crippen molar-refractivity contribution in [2.24, 2.45) is 7.05 Å². The lowest BCUT2D eigenvalue weighted by atomic mass is 10.0. The van der Waals surface area contributed by atoms with E-state index in [1.165, 1.54) is 16.0 Å². The molecular formula is C21H27N5O2S. The number of nitrogens with zero attached hydrogens (tertiary/aromatic N) is 5. The summed E-state index contributed by atoms with van der Waals surface area (Å²) in [6.07, 6.45) is 4.57. The average Bonchev–Trinajstić information content (AvgIpc) is 3.40. The van der Waals surface area contributed by atoms with Gasteiger partial charge in [-0.15, -0.1) is 11.3 Å². The first kappa shape index (κ1) is 19.8. The third-order valence-corrected chi connectivity index (χ3v) is 6.76. The van der Waals surface area contributed by atoms with E-state index < -0.39 is 0 Å². The summed E-state index contributed by atoms with van der Waals surface area (Å²) in [5, 5.41) is 6.10. The van der Waals surface area contributed by atoms with Gasteiger partial charge in [-0.25, -0.2) is 4.98 Å². The second-order valence-corrected chi connectivity index (χ2v) is 8.55. The fourth-order valence-corrected chi connectivity index (χ4v) is 4.98. The zero-order valence-corrected chi connectivity index (χ0v) is 18.3. The quantitative estimate of drug-likeness (QED) is 0.620. The number of imidazole rings is 1. The zero-order valence-electron chi connectivity index (χ0n) is 17.4. The van der Waals surface area contributed by atoms with Crippen molar-refractivity contribution in [3.63, 3.8) is 0 Å². The molecule has 1 aliphatic rings. The highest BCUT2D eigenvalue weighted by Crippen LogP contribution is 2.31. The summed E-state index contributed by atoms with van der Waals surface area (Å²) < 4.78 is 7.26. The van der Waals surface area contributed by atoms with E-state index in [4.69, 9.17) is 4.52 Å². The summed E-state index contributed by atoms with van der Waals surface area (Å²) in [5.41, 5.74) is 4.21. The number of hydrogen-bond donors (Lipinski definition) is 0. The van der Waals surface area contributed by atoms with Crippen LogP contribution in [-0.2, 0) is 33.1 Å².